The van der Waals surface area contributed by atoms with Crippen molar-refractivity contribution < 1.29 is 27.5 Å². The quantitative estimate of drug-likeness (QED) is 0.773. The van der Waals surface area contributed by atoms with E-state index in [2.05, 4.69) is 15.6 Å². The van der Waals surface area contributed by atoms with Crippen LogP contribution in [0.4, 0.5) is 18.9 Å². The number of benzene rings is 1. The number of methoxy groups -OCH3 is 1. The number of alkyl halides is 3. The van der Waals surface area contributed by atoms with E-state index >= 15 is 0 Å². The molecule has 0 saturated heterocycles. The van der Waals surface area contributed by atoms with Crippen molar-refractivity contribution in [2.45, 2.75) is 25.7 Å². The Morgan fingerprint density at radius 3 is 2.58 bits per heavy atom. The number of anilines is 1. The zero-order valence-corrected chi connectivity index (χ0v) is 14.7. The molecule has 6 nitrogen and oxygen atoms in total. The van der Waals surface area contributed by atoms with Gasteiger partial charge in [-0.2, -0.15) is 13.2 Å². The van der Waals surface area contributed by atoms with Gasteiger partial charge in [-0.15, -0.1) is 11.3 Å². The molecule has 1 heterocycles. The maximum Gasteiger partial charge on any atom is 0.434 e. The summed E-state index contributed by atoms with van der Waals surface area (Å²) in [7, 11) is 1.50. The molecule has 0 radical (unpaired) electrons. The topological polar surface area (TPSA) is 80.3 Å². The molecule has 0 aliphatic heterocycles. The van der Waals surface area contributed by atoms with E-state index in [0.717, 1.165) is 16.7 Å². The predicted molar refractivity (Wildman–Crippen MR) is 89.5 cm³/mol. The zero-order chi connectivity index (χ0) is 19.3. The Morgan fingerprint density at radius 1 is 1.27 bits per heavy atom. The first-order chi connectivity index (χ1) is 12.2. The van der Waals surface area contributed by atoms with Crippen molar-refractivity contribution in [3.05, 3.63) is 45.9 Å². The molecule has 0 aliphatic rings. The van der Waals surface area contributed by atoms with Crippen LogP contribution in [0.25, 0.3) is 0 Å². The summed E-state index contributed by atoms with van der Waals surface area (Å²) >= 11 is 0.757. The fourth-order valence-electron chi connectivity index (χ4n) is 2.04. The van der Waals surface area contributed by atoms with Crippen LogP contribution in [0.15, 0.2) is 29.6 Å². The highest BCUT2D eigenvalue weighted by atomic mass is 32.1. The first-order valence-electron chi connectivity index (χ1n) is 7.43. The van der Waals surface area contributed by atoms with Crippen molar-refractivity contribution in [3.8, 4) is 0 Å². The Bertz CT molecular complexity index is 792. The third-order valence-electron chi connectivity index (χ3n) is 3.30. The van der Waals surface area contributed by atoms with Crippen LogP contribution in [-0.2, 0) is 27.1 Å². The van der Waals surface area contributed by atoms with Gasteiger partial charge in [0, 0.05) is 23.7 Å². The van der Waals surface area contributed by atoms with Crippen LogP contribution in [0.2, 0.25) is 0 Å². The lowest BCUT2D eigenvalue weighted by Gasteiger charge is -2.13. The third kappa shape index (κ3) is 5.02. The molecule has 10 heteroatoms. The number of halogens is 3. The Morgan fingerprint density at radius 2 is 1.96 bits per heavy atom. The van der Waals surface area contributed by atoms with Crippen molar-refractivity contribution in [1.82, 2.24) is 10.3 Å². The van der Waals surface area contributed by atoms with Gasteiger partial charge in [0.1, 0.15) is 5.01 Å². The molecule has 1 aromatic carbocycles. The summed E-state index contributed by atoms with van der Waals surface area (Å²) in [6.07, 6.45) is -4.55. The lowest BCUT2D eigenvalue weighted by atomic mass is 10.2. The molecule has 1 aromatic heterocycles. The average Bonchev–Trinajstić information content (AvgIpc) is 3.07. The van der Waals surface area contributed by atoms with E-state index in [1.165, 1.54) is 14.0 Å². The molecule has 0 fully saturated rings. The second-order valence-electron chi connectivity index (χ2n) is 5.31. The third-order valence-corrected chi connectivity index (χ3v) is 4.33. The lowest BCUT2D eigenvalue weighted by molar-refractivity contribution is -0.140. The van der Waals surface area contributed by atoms with Gasteiger partial charge >= 0.3 is 18.0 Å². The fraction of sp³-hybridized carbons (Fsp3) is 0.312. The van der Waals surface area contributed by atoms with Gasteiger partial charge in [-0.25, -0.2) is 4.98 Å². The smallest absolute Gasteiger partial charge is 0.380 e. The molecule has 140 valence electrons. The minimum atomic E-state index is -4.55. The number of carbonyl (C=O) groups excluding carboxylic acids is 2. The summed E-state index contributed by atoms with van der Waals surface area (Å²) in [5.74, 6) is -1.92. The summed E-state index contributed by atoms with van der Waals surface area (Å²) in [5, 5.41) is 5.70. The number of hydrogen-bond donors (Lipinski definition) is 2. The first-order valence-corrected chi connectivity index (χ1v) is 8.31. The number of aromatic nitrogens is 1. The summed E-state index contributed by atoms with van der Waals surface area (Å²) in [6, 6.07) is 5.94. The standard InChI is InChI=1S/C16H16F3N3O3S/c1-9(15-22-12(8-26-15)16(17,18)19)20-13(23)14(24)21-11-6-4-3-5-10(11)7-25-2/h3-6,8-9H,7H2,1-2H3,(H,20,23)(H,21,24). The van der Waals surface area contributed by atoms with Gasteiger partial charge in [0.05, 0.1) is 12.6 Å². The van der Waals surface area contributed by atoms with Gasteiger partial charge in [0.2, 0.25) is 0 Å². The number of rotatable bonds is 5. The van der Waals surface area contributed by atoms with Gasteiger partial charge in [0.15, 0.2) is 5.69 Å². The van der Waals surface area contributed by atoms with Crippen LogP contribution >= 0.6 is 11.3 Å². The largest absolute Gasteiger partial charge is 0.434 e. The highest BCUT2D eigenvalue weighted by molar-refractivity contribution is 7.09. The first kappa shape index (κ1) is 19.9. The molecule has 2 N–H and O–H groups in total. The van der Waals surface area contributed by atoms with Crippen molar-refractivity contribution in [1.29, 1.82) is 0 Å². The normalized spacial score (nSPS) is 12.5. The number of thiazole rings is 1. The number of nitrogens with one attached hydrogen (secondary N) is 2. The van der Waals surface area contributed by atoms with Gasteiger partial charge in [-0.3, -0.25) is 9.59 Å². The van der Waals surface area contributed by atoms with E-state index in [1.807, 2.05) is 0 Å². The molecule has 1 atom stereocenters. The second kappa shape index (κ2) is 8.28. The number of carbonyl (C=O) groups is 2. The molecule has 2 amide bonds. The molecule has 0 spiro atoms. The average molecular weight is 387 g/mol. The minimum Gasteiger partial charge on any atom is -0.380 e. The Labute approximate surface area is 151 Å². The van der Waals surface area contributed by atoms with Crippen LogP contribution in [0, 0.1) is 0 Å². The van der Waals surface area contributed by atoms with Crippen LogP contribution in [0.3, 0.4) is 0 Å². The van der Waals surface area contributed by atoms with Gasteiger partial charge in [-0.1, -0.05) is 18.2 Å². The Balaban J connectivity index is 2.01. The van der Waals surface area contributed by atoms with Crippen LogP contribution in [0.5, 0.6) is 0 Å². The van der Waals surface area contributed by atoms with Crippen molar-refractivity contribution >= 4 is 28.8 Å². The summed E-state index contributed by atoms with van der Waals surface area (Å²) in [6.45, 7) is 1.69. The van der Waals surface area contributed by atoms with E-state index in [9.17, 15) is 22.8 Å². The molecule has 0 bridgehead atoms. The van der Waals surface area contributed by atoms with Crippen LogP contribution in [-0.4, -0.2) is 23.9 Å². The van der Waals surface area contributed by atoms with Gasteiger partial charge in [-0.05, 0) is 13.0 Å². The maximum absolute atomic E-state index is 12.6. The van der Waals surface area contributed by atoms with Crippen LogP contribution in [0.1, 0.15) is 29.2 Å². The molecule has 0 aliphatic carbocycles. The van der Waals surface area contributed by atoms with Crippen LogP contribution < -0.4 is 10.6 Å². The molecule has 1 unspecified atom stereocenters. The van der Waals surface area contributed by atoms with E-state index in [4.69, 9.17) is 4.74 Å². The van der Waals surface area contributed by atoms with Crippen molar-refractivity contribution in [2.75, 3.05) is 12.4 Å². The molecule has 2 rings (SSSR count). The maximum atomic E-state index is 12.6. The Kier molecular flexibility index (Phi) is 6.32. The SMILES string of the molecule is COCc1ccccc1NC(=O)C(=O)NC(C)c1nc(C(F)(F)F)cs1. The van der Waals surface area contributed by atoms with E-state index in [1.54, 1.807) is 24.3 Å². The number of hydrogen-bond acceptors (Lipinski definition) is 5. The Hall–Kier alpha value is -2.46. The number of ether oxygens (including phenoxy) is 1. The number of nitrogens with zero attached hydrogens (tertiary/aromatic N) is 1. The monoisotopic (exact) mass is 387 g/mol. The van der Waals surface area contributed by atoms with E-state index in [-0.39, 0.29) is 11.6 Å². The zero-order valence-electron chi connectivity index (χ0n) is 13.9. The van der Waals surface area contributed by atoms with Crippen molar-refractivity contribution in [2.24, 2.45) is 0 Å². The second-order valence-corrected chi connectivity index (χ2v) is 6.20. The molecule has 26 heavy (non-hydrogen) atoms. The molecular weight excluding hydrogens is 371 g/mol. The predicted octanol–water partition coefficient (Wildman–Crippen LogP) is 3.12. The van der Waals surface area contributed by atoms with Crippen molar-refractivity contribution in [3.63, 3.8) is 0 Å². The highest BCUT2D eigenvalue weighted by Crippen LogP contribution is 2.31. The van der Waals surface area contributed by atoms with Gasteiger partial charge in [0.25, 0.3) is 0 Å². The summed E-state index contributed by atoms with van der Waals surface area (Å²) in [5.41, 5.74) is 0.0613. The van der Waals surface area contributed by atoms with E-state index < -0.39 is 29.7 Å². The number of para-hydroxylation sites is 1. The highest BCUT2D eigenvalue weighted by Gasteiger charge is 2.34. The lowest BCUT2D eigenvalue weighted by Crippen LogP contribution is -2.37. The fourth-order valence-corrected chi connectivity index (χ4v) is 2.88. The minimum absolute atomic E-state index is 0.0539. The molecule has 0 saturated carbocycles. The number of amides is 2. The summed E-state index contributed by atoms with van der Waals surface area (Å²) < 4.78 is 42.8. The van der Waals surface area contributed by atoms with E-state index in [0.29, 0.717) is 11.3 Å². The van der Waals surface area contributed by atoms with Gasteiger partial charge < -0.3 is 15.4 Å². The summed E-state index contributed by atoms with van der Waals surface area (Å²) in [4.78, 5) is 27.5. The molecular formula is C16H16F3N3O3S. The molecule has 2 aromatic rings.